The van der Waals surface area contributed by atoms with E-state index in [9.17, 15) is 4.79 Å². The molecule has 0 aromatic carbocycles. The van der Waals surface area contributed by atoms with E-state index in [1.807, 2.05) is 6.07 Å². The number of hydrogen-bond acceptors (Lipinski definition) is 5. The first-order valence-corrected chi connectivity index (χ1v) is 6.91. The van der Waals surface area contributed by atoms with Gasteiger partial charge in [0.1, 0.15) is 6.07 Å². The Morgan fingerprint density at radius 3 is 2.86 bits per heavy atom. The van der Waals surface area contributed by atoms with Crippen molar-refractivity contribution in [3.8, 4) is 11.9 Å². The Bertz CT molecular complexity index is 742. The van der Waals surface area contributed by atoms with Crippen molar-refractivity contribution in [2.24, 2.45) is 0 Å². The van der Waals surface area contributed by atoms with Crippen LogP contribution in [0.2, 0.25) is 0 Å². The summed E-state index contributed by atoms with van der Waals surface area (Å²) in [6.07, 6.45) is 2.42. The highest BCUT2D eigenvalue weighted by molar-refractivity contribution is 5.64. The van der Waals surface area contributed by atoms with Crippen LogP contribution in [0.15, 0.2) is 18.3 Å². The van der Waals surface area contributed by atoms with Crippen LogP contribution in [0.3, 0.4) is 0 Å². The number of aromatic nitrogens is 4. The molecule has 0 saturated heterocycles. The van der Waals surface area contributed by atoms with Crippen molar-refractivity contribution in [3.05, 3.63) is 35.5 Å². The molecule has 8 heteroatoms. The van der Waals surface area contributed by atoms with Crippen LogP contribution in [-0.4, -0.2) is 30.9 Å². The summed E-state index contributed by atoms with van der Waals surface area (Å²) in [7, 11) is 0. The smallest absolute Gasteiger partial charge is 0.405 e. The maximum absolute atomic E-state index is 10.8. The zero-order valence-electron chi connectivity index (χ0n) is 11.9. The monoisotopic (exact) mass is 298 g/mol. The van der Waals surface area contributed by atoms with E-state index in [1.54, 1.807) is 19.1 Å². The normalized spacial score (nSPS) is 15.1. The number of pyridine rings is 1. The largest absolute Gasteiger partial charge is 0.465 e. The van der Waals surface area contributed by atoms with E-state index in [0.29, 0.717) is 28.9 Å². The number of hydrogen-bond donors (Lipinski definition) is 2. The highest BCUT2D eigenvalue weighted by Gasteiger charge is 2.30. The van der Waals surface area contributed by atoms with Crippen molar-refractivity contribution in [2.75, 3.05) is 0 Å². The minimum atomic E-state index is -1.12. The van der Waals surface area contributed by atoms with Crippen molar-refractivity contribution in [2.45, 2.75) is 31.7 Å². The fraction of sp³-hybridized carbons (Fsp3) is 0.357. The number of amides is 1. The predicted molar refractivity (Wildman–Crippen MR) is 75.4 cm³/mol. The van der Waals surface area contributed by atoms with Crippen LogP contribution in [-0.2, 0) is 0 Å². The van der Waals surface area contributed by atoms with Gasteiger partial charge < -0.3 is 10.4 Å². The van der Waals surface area contributed by atoms with Crippen LogP contribution in [0.5, 0.6) is 0 Å². The Kier molecular flexibility index (Phi) is 3.47. The van der Waals surface area contributed by atoms with Gasteiger partial charge in [0.15, 0.2) is 17.5 Å². The summed E-state index contributed by atoms with van der Waals surface area (Å²) in [6, 6.07) is 4.79. The van der Waals surface area contributed by atoms with Gasteiger partial charge in [-0.1, -0.05) is 0 Å². The van der Waals surface area contributed by atoms with Crippen molar-refractivity contribution >= 4 is 6.09 Å². The summed E-state index contributed by atoms with van der Waals surface area (Å²) in [4.78, 5) is 19.5. The van der Waals surface area contributed by atoms with Gasteiger partial charge in [0, 0.05) is 12.1 Å². The van der Waals surface area contributed by atoms with E-state index in [-0.39, 0.29) is 0 Å². The fourth-order valence-electron chi connectivity index (χ4n) is 2.13. The molecule has 2 aromatic heterocycles. The van der Waals surface area contributed by atoms with Gasteiger partial charge in [-0.2, -0.15) is 9.94 Å². The predicted octanol–water partition coefficient (Wildman–Crippen LogP) is 1.74. The zero-order valence-corrected chi connectivity index (χ0v) is 11.9. The molecule has 1 atom stereocenters. The molecular formula is C14H14N6O2. The lowest BCUT2D eigenvalue weighted by molar-refractivity contribution is 0.190. The average molecular weight is 298 g/mol. The number of nitrogens with zero attached hydrogens (tertiary/aromatic N) is 5. The Morgan fingerprint density at radius 1 is 1.55 bits per heavy atom. The molecule has 1 aliphatic rings. The summed E-state index contributed by atoms with van der Waals surface area (Å²) in [6.45, 7) is 1.70. The van der Waals surface area contributed by atoms with Gasteiger partial charge >= 0.3 is 6.09 Å². The third-order valence-electron chi connectivity index (χ3n) is 3.41. The van der Waals surface area contributed by atoms with Gasteiger partial charge in [-0.05, 0) is 31.9 Å². The first-order valence-electron chi connectivity index (χ1n) is 6.91. The average Bonchev–Trinajstić information content (AvgIpc) is 3.25. The second kappa shape index (κ2) is 5.44. The maximum Gasteiger partial charge on any atom is 0.405 e. The highest BCUT2D eigenvalue weighted by atomic mass is 16.4. The summed E-state index contributed by atoms with van der Waals surface area (Å²) in [5, 5.41) is 24.5. The first kappa shape index (κ1) is 14.0. The molecule has 8 nitrogen and oxygen atoms in total. The molecule has 2 N–H and O–H groups in total. The molecule has 22 heavy (non-hydrogen) atoms. The molecule has 3 rings (SSSR count). The molecule has 1 saturated carbocycles. The molecule has 0 aliphatic heterocycles. The van der Waals surface area contributed by atoms with Crippen molar-refractivity contribution in [3.63, 3.8) is 0 Å². The first-order chi connectivity index (χ1) is 10.6. The number of rotatable bonds is 4. The molecule has 1 amide bonds. The fourth-order valence-corrected chi connectivity index (χ4v) is 2.13. The third kappa shape index (κ3) is 2.74. The molecule has 2 aromatic rings. The van der Waals surface area contributed by atoms with Crippen LogP contribution >= 0.6 is 0 Å². The topological polar surface area (TPSA) is 117 Å². The minimum absolute atomic E-state index is 0.343. The van der Waals surface area contributed by atoms with E-state index >= 15 is 0 Å². The number of nitriles is 1. The maximum atomic E-state index is 10.8. The number of carbonyl (C=O) groups is 1. The van der Waals surface area contributed by atoms with Crippen molar-refractivity contribution < 1.29 is 9.90 Å². The van der Waals surface area contributed by atoms with Crippen molar-refractivity contribution in [1.82, 2.24) is 25.1 Å². The Balaban J connectivity index is 2.00. The third-order valence-corrected chi connectivity index (χ3v) is 3.41. The van der Waals surface area contributed by atoms with Gasteiger partial charge in [0.05, 0.1) is 11.6 Å². The SMILES string of the molecule is CC(NC(=O)O)c1nc(C2CC2)nn1-c1ccc(C#N)cn1. The van der Waals surface area contributed by atoms with Crippen LogP contribution in [0.1, 0.15) is 48.9 Å². The summed E-state index contributed by atoms with van der Waals surface area (Å²) in [5.41, 5.74) is 0.449. The van der Waals surface area contributed by atoms with Crippen LogP contribution in [0, 0.1) is 11.3 Å². The number of carboxylic acid groups (broad SMARTS) is 1. The van der Waals surface area contributed by atoms with Gasteiger partial charge in [-0.25, -0.2) is 14.8 Å². The van der Waals surface area contributed by atoms with Crippen molar-refractivity contribution in [1.29, 1.82) is 5.26 Å². The molecule has 1 fully saturated rings. The molecule has 112 valence electrons. The second-order valence-corrected chi connectivity index (χ2v) is 5.20. The molecule has 2 heterocycles. The van der Waals surface area contributed by atoms with E-state index in [1.165, 1.54) is 10.9 Å². The highest BCUT2D eigenvalue weighted by Crippen LogP contribution is 2.38. The van der Waals surface area contributed by atoms with Gasteiger partial charge in [-0.3, -0.25) is 0 Å². The van der Waals surface area contributed by atoms with E-state index < -0.39 is 12.1 Å². The lowest BCUT2D eigenvalue weighted by atomic mass is 10.3. The zero-order chi connectivity index (χ0) is 15.7. The van der Waals surface area contributed by atoms with Crippen LogP contribution in [0.25, 0.3) is 5.82 Å². The van der Waals surface area contributed by atoms with Crippen LogP contribution in [0.4, 0.5) is 4.79 Å². The molecule has 0 bridgehead atoms. The summed E-state index contributed by atoms with van der Waals surface area (Å²) < 4.78 is 1.54. The van der Waals surface area contributed by atoms with Gasteiger partial charge in [0.2, 0.25) is 0 Å². The Hall–Kier alpha value is -2.95. The van der Waals surface area contributed by atoms with E-state index in [0.717, 1.165) is 12.8 Å². The molecular weight excluding hydrogens is 284 g/mol. The van der Waals surface area contributed by atoms with Crippen LogP contribution < -0.4 is 5.32 Å². The lowest BCUT2D eigenvalue weighted by Gasteiger charge is -2.11. The second-order valence-electron chi connectivity index (χ2n) is 5.20. The Labute approximate surface area is 126 Å². The molecule has 0 spiro atoms. The summed E-state index contributed by atoms with van der Waals surface area (Å²) in [5.74, 6) is 2.05. The molecule has 1 aliphatic carbocycles. The quantitative estimate of drug-likeness (QED) is 0.887. The molecule has 0 radical (unpaired) electrons. The van der Waals surface area contributed by atoms with E-state index in [2.05, 4.69) is 20.4 Å². The number of nitrogens with one attached hydrogen (secondary N) is 1. The van der Waals surface area contributed by atoms with E-state index in [4.69, 9.17) is 10.4 Å². The van der Waals surface area contributed by atoms with Gasteiger partial charge in [-0.15, -0.1) is 5.10 Å². The minimum Gasteiger partial charge on any atom is -0.465 e. The lowest BCUT2D eigenvalue weighted by Crippen LogP contribution is -2.27. The van der Waals surface area contributed by atoms with Gasteiger partial charge in [0.25, 0.3) is 0 Å². The Morgan fingerprint density at radius 2 is 2.32 bits per heavy atom. The summed E-state index contributed by atoms with van der Waals surface area (Å²) >= 11 is 0. The standard InChI is InChI=1S/C14H14N6O2/c1-8(17-14(21)22)13-18-12(10-3-4-10)19-20(13)11-5-2-9(6-15)7-16-11/h2,5,7-8,10,17H,3-4H2,1H3,(H,21,22). The molecule has 1 unspecified atom stereocenters.